The summed E-state index contributed by atoms with van der Waals surface area (Å²) >= 11 is 0. The molecule has 1 saturated heterocycles. The molecule has 1 fully saturated rings. The van der Waals surface area contributed by atoms with Crippen LogP contribution in [0.1, 0.15) is 12.0 Å². The molecule has 0 radical (unpaired) electrons. The van der Waals surface area contributed by atoms with Crippen molar-refractivity contribution in [2.75, 3.05) is 18.4 Å². The van der Waals surface area contributed by atoms with Crippen LogP contribution < -0.4 is 10.6 Å². The van der Waals surface area contributed by atoms with E-state index in [-0.39, 0.29) is 5.41 Å². The molecule has 1 aromatic rings. The van der Waals surface area contributed by atoms with Crippen LogP contribution in [0, 0.1) is 0 Å². The highest BCUT2D eigenvalue weighted by molar-refractivity contribution is 5.68. The first kappa shape index (κ1) is 8.06. The fourth-order valence-electron chi connectivity index (χ4n) is 2.63. The van der Waals surface area contributed by atoms with Crippen LogP contribution in [0.5, 0.6) is 0 Å². The Bertz CT molecular complexity index is 389. The SMILES string of the molecule is C=C1Nc2ccccc2C12CCNC2. The van der Waals surface area contributed by atoms with Crippen molar-refractivity contribution in [2.45, 2.75) is 11.8 Å². The Morgan fingerprint density at radius 2 is 2.14 bits per heavy atom. The fraction of sp³-hybridized carbons (Fsp3) is 0.333. The minimum absolute atomic E-state index is 0.163. The van der Waals surface area contributed by atoms with E-state index in [0.717, 1.165) is 25.2 Å². The number of hydrogen-bond acceptors (Lipinski definition) is 2. The smallest absolute Gasteiger partial charge is 0.0504 e. The second-order valence-electron chi connectivity index (χ2n) is 4.16. The van der Waals surface area contributed by atoms with Gasteiger partial charge in [0.15, 0.2) is 0 Å². The summed E-state index contributed by atoms with van der Waals surface area (Å²) in [5, 5.41) is 6.82. The highest BCUT2D eigenvalue weighted by atomic mass is 15.0. The van der Waals surface area contributed by atoms with E-state index < -0.39 is 0 Å². The van der Waals surface area contributed by atoms with Crippen molar-refractivity contribution in [3.63, 3.8) is 0 Å². The van der Waals surface area contributed by atoms with Crippen molar-refractivity contribution in [3.8, 4) is 0 Å². The molecule has 0 bridgehead atoms. The fourth-order valence-corrected chi connectivity index (χ4v) is 2.63. The zero-order valence-electron chi connectivity index (χ0n) is 8.14. The summed E-state index contributed by atoms with van der Waals surface area (Å²) in [5.74, 6) is 0. The summed E-state index contributed by atoms with van der Waals surface area (Å²) in [5.41, 5.74) is 3.97. The molecule has 0 aliphatic carbocycles. The molecule has 1 aromatic carbocycles. The van der Waals surface area contributed by atoms with Gasteiger partial charge < -0.3 is 10.6 Å². The van der Waals surface area contributed by atoms with Crippen molar-refractivity contribution in [1.82, 2.24) is 5.32 Å². The van der Waals surface area contributed by atoms with Gasteiger partial charge in [0.05, 0.1) is 5.41 Å². The average Bonchev–Trinajstić information content (AvgIpc) is 2.77. The number of para-hydroxylation sites is 1. The Labute approximate surface area is 84.0 Å². The number of rotatable bonds is 0. The largest absolute Gasteiger partial charge is 0.358 e. The van der Waals surface area contributed by atoms with Crippen molar-refractivity contribution >= 4 is 5.69 Å². The second kappa shape index (κ2) is 2.61. The van der Waals surface area contributed by atoms with Gasteiger partial charge in [-0.2, -0.15) is 0 Å². The van der Waals surface area contributed by atoms with Gasteiger partial charge in [0.25, 0.3) is 0 Å². The molecule has 14 heavy (non-hydrogen) atoms. The Balaban J connectivity index is 2.18. The molecule has 0 saturated carbocycles. The van der Waals surface area contributed by atoms with Gasteiger partial charge in [-0.25, -0.2) is 0 Å². The molecule has 2 N–H and O–H groups in total. The second-order valence-corrected chi connectivity index (χ2v) is 4.16. The van der Waals surface area contributed by atoms with Gasteiger partial charge in [-0.3, -0.25) is 0 Å². The third kappa shape index (κ3) is 0.840. The van der Waals surface area contributed by atoms with Crippen LogP contribution in [0.15, 0.2) is 36.5 Å². The normalized spacial score (nSPS) is 29.3. The summed E-state index contributed by atoms with van der Waals surface area (Å²) in [4.78, 5) is 0. The topological polar surface area (TPSA) is 24.1 Å². The first-order valence-electron chi connectivity index (χ1n) is 5.10. The Morgan fingerprint density at radius 1 is 1.29 bits per heavy atom. The van der Waals surface area contributed by atoms with Gasteiger partial charge in [-0.15, -0.1) is 0 Å². The summed E-state index contributed by atoms with van der Waals surface area (Å²) in [6.45, 7) is 6.27. The minimum atomic E-state index is 0.163. The molecule has 2 aliphatic heterocycles. The molecule has 2 aliphatic rings. The van der Waals surface area contributed by atoms with Crippen molar-refractivity contribution < 1.29 is 0 Å². The molecule has 3 rings (SSSR count). The predicted octanol–water partition coefficient (Wildman–Crippen LogP) is 1.86. The lowest BCUT2D eigenvalue weighted by molar-refractivity contribution is 0.583. The van der Waals surface area contributed by atoms with Crippen LogP contribution in [0.4, 0.5) is 5.69 Å². The maximum atomic E-state index is 4.15. The predicted molar refractivity (Wildman–Crippen MR) is 58.4 cm³/mol. The minimum Gasteiger partial charge on any atom is -0.358 e. The number of nitrogens with one attached hydrogen (secondary N) is 2. The maximum absolute atomic E-state index is 4.15. The summed E-state index contributed by atoms with van der Waals surface area (Å²) in [6, 6.07) is 8.53. The molecule has 2 heterocycles. The van der Waals surface area contributed by atoms with E-state index >= 15 is 0 Å². The third-order valence-electron chi connectivity index (χ3n) is 3.46. The zero-order chi connectivity index (χ0) is 9.60. The van der Waals surface area contributed by atoms with Gasteiger partial charge in [0.1, 0.15) is 0 Å². The average molecular weight is 186 g/mol. The van der Waals surface area contributed by atoms with Gasteiger partial charge in [-0.1, -0.05) is 24.8 Å². The number of fused-ring (bicyclic) bond motifs is 2. The Hall–Kier alpha value is -1.28. The van der Waals surface area contributed by atoms with Crippen LogP contribution in [0.2, 0.25) is 0 Å². The van der Waals surface area contributed by atoms with E-state index in [1.807, 2.05) is 0 Å². The monoisotopic (exact) mass is 186 g/mol. The number of benzene rings is 1. The van der Waals surface area contributed by atoms with Gasteiger partial charge in [0, 0.05) is 17.9 Å². The summed E-state index contributed by atoms with van der Waals surface area (Å²) < 4.78 is 0. The van der Waals surface area contributed by atoms with Crippen LogP contribution in [0.25, 0.3) is 0 Å². The van der Waals surface area contributed by atoms with E-state index in [2.05, 4.69) is 41.5 Å². The van der Waals surface area contributed by atoms with E-state index in [0.29, 0.717) is 0 Å². The van der Waals surface area contributed by atoms with Crippen LogP contribution in [-0.2, 0) is 5.41 Å². The highest BCUT2D eigenvalue weighted by Gasteiger charge is 2.43. The van der Waals surface area contributed by atoms with Crippen LogP contribution in [-0.4, -0.2) is 13.1 Å². The van der Waals surface area contributed by atoms with E-state index in [4.69, 9.17) is 0 Å². The standard InChI is InChI=1S/C12H14N2/c1-9-12(6-7-13-8-12)10-4-2-3-5-11(10)14-9/h2-5,13-14H,1,6-8H2. The molecule has 1 spiro atoms. The number of hydrogen-bond donors (Lipinski definition) is 2. The lowest BCUT2D eigenvalue weighted by Gasteiger charge is -2.23. The van der Waals surface area contributed by atoms with Crippen molar-refractivity contribution in [1.29, 1.82) is 0 Å². The van der Waals surface area contributed by atoms with E-state index in [9.17, 15) is 0 Å². The summed E-state index contributed by atoms with van der Waals surface area (Å²) in [7, 11) is 0. The zero-order valence-corrected chi connectivity index (χ0v) is 8.14. The molecule has 2 nitrogen and oxygen atoms in total. The summed E-state index contributed by atoms with van der Waals surface area (Å²) in [6.07, 6.45) is 1.16. The van der Waals surface area contributed by atoms with Crippen molar-refractivity contribution in [3.05, 3.63) is 42.1 Å². The first-order valence-corrected chi connectivity index (χ1v) is 5.10. The molecule has 2 heteroatoms. The van der Waals surface area contributed by atoms with Crippen LogP contribution in [0.3, 0.4) is 0 Å². The van der Waals surface area contributed by atoms with E-state index in [1.54, 1.807) is 0 Å². The molecule has 0 aromatic heterocycles. The molecule has 1 atom stereocenters. The molecule has 1 unspecified atom stereocenters. The highest BCUT2D eigenvalue weighted by Crippen LogP contribution is 2.46. The van der Waals surface area contributed by atoms with Gasteiger partial charge in [-0.05, 0) is 24.6 Å². The molecule has 72 valence electrons. The lowest BCUT2D eigenvalue weighted by Crippen LogP contribution is -2.28. The first-order chi connectivity index (χ1) is 6.83. The molecular formula is C12H14N2. The lowest BCUT2D eigenvalue weighted by atomic mass is 9.79. The number of anilines is 1. The van der Waals surface area contributed by atoms with E-state index in [1.165, 1.54) is 11.3 Å². The molecule has 0 amide bonds. The Kier molecular flexibility index (Phi) is 1.50. The molecular weight excluding hydrogens is 172 g/mol. The van der Waals surface area contributed by atoms with Gasteiger partial charge >= 0.3 is 0 Å². The van der Waals surface area contributed by atoms with Crippen LogP contribution >= 0.6 is 0 Å². The Morgan fingerprint density at radius 3 is 2.93 bits per heavy atom. The maximum Gasteiger partial charge on any atom is 0.0504 e. The third-order valence-corrected chi connectivity index (χ3v) is 3.46. The quantitative estimate of drug-likeness (QED) is 0.646. The van der Waals surface area contributed by atoms with Crippen molar-refractivity contribution in [2.24, 2.45) is 0 Å². The van der Waals surface area contributed by atoms with Gasteiger partial charge in [0.2, 0.25) is 0 Å².